The Bertz CT molecular complexity index is 334. The lowest BCUT2D eigenvalue weighted by atomic mass is 9.98. The molecular formula is C12H17NO3. The zero-order valence-corrected chi connectivity index (χ0v) is 9.52. The van der Waals surface area contributed by atoms with Gasteiger partial charge in [0.25, 0.3) is 0 Å². The average Bonchev–Trinajstić information content (AvgIpc) is 2.81. The van der Waals surface area contributed by atoms with E-state index in [1.807, 2.05) is 12.1 Å². The van der Waals surface area contributed by atoms with Gasteiger partial charge in [0.05, 0.1) is 25.8 Å². The molecule has 1 aliphatic heterocycles. The molecule has 0 aliphatic carbocycles. The van der Waals surface area contributed by atoms with Crippen LogP contribution < -0.4 is 0 Å². The number of piperidine rings is 1. The first-order valence-electron chi connectivity index (χ1n) is 5.62. The smallest absolute Gasteiger partial charge is 0.309 e. The van der Waals surface area contributed by atoms with Gasteiger partial charge in [-0.25, -0.2) is 0 Å². The monoisotopic (exact) mass is 223 g/mol. The Labute approximate surface area is 95.2 Å². The van der Waals surface area contributed by atoms with E-state index < -0.39 is 0 Å². The number of nitrogens with zero attached hydrogens (tertiary/aromatic N) is 1. The van der Waals surface area contributed by atoms with E-state index in [1.165, 1.54) is 7.11 Å². The molecule has 0 N–H and O–H groups in total. The van der Waals surface area contributed by atoms with E-state index in [1.54, 1.807) is 6.26 Å². The van der Waals surface area contributed by atoms with E-state index >= 15 is 0 Å². The molecule has 0 bridgehead atoms. The fraction of sp³-hybridized carbons (Fsp3) is 0.583. The maximum absolute atomic E-state index is 11.4. The Morgan fingerprint density at radius 3 is 3.25 bits per heavy atom. The van der Waals surface area contributed by atoms with E-state index in [0.29, 0.717) is 0 Å². The second-order valence-corrected chi connectivity index (χ2v) is 4.18. The minimum Gasteiger partial charge on any atom is -0.469 e. The lowest BCUT2D eigenvalue weighted by molar-refractivity contribution is -0.147. The molecule has 0 saturated carbocycles. The molecular weight excluding hydrogens is 206 g/mol. The fourth-order valence-corrected chi connectivity index (χ4v) is 2.18. The third-order valence-electron chi connectivity index (χ3n) is 3.00. The minimum atomic E-state index is -0.0934. The van der Waals surface area contributed by atoms with Crippen molar-refractivity contribution in [1.82, 2.24) is 4.90 Å². The molecule has 1 fully saturated rings. The van der Waals surface area contributed by atoms with Crippen molar-refractivity contribution in [3.05, 3.63) is 24.2 Å². The fourth-order valence-electron chi connectivity index (χ4n) is 2.18. The van der Waals surface area contributed by atoms with Crippen LogP contribution in [0.25, 0.3) is 0 Å². The van der Waals surface area contributed by atoms with Crippen LogP contribution in [0, 0.1) is 5.92 Å². The van der Waals surface area contributed by atoms with Crippen LogP contribution in [0.2, 0.25) is 0 Å². The lowest BCUT2D eigenvalue weighted by Gasteiger charge is -2.30. The Morgan fingerprint density at radius 2 is 2.56 bits per heavy atom. The van der Waals surface area contributed by atoms with Gasteiger partial charge in [-0.2, -0.15) is 0 Å². The van der Waals surface area contributed by atoms with Crippen LogP contribution in [0.1, 0.15) is 18.6 Å². The number of hydrogen-bond acceptors (Lipinski definition) is 4. The molecule has 4 nitrogen and oxygen atoms in total. The first kappa shape index (κ1) is 11.2. The number of methoxy groups -OCH3 is 1. The van der Waals surface area contributed by atoms with E-state index in [0.717, 1.165) is 38.2 Å². The molecule has 0 aromatic carbocycles. The normalized spacial score (nSPS) is 21.9. The van der Waals surface area contributed by atoms with Crippen LogP contribution in [0.3, 0.4) is 0 Å². The number of furan rings is 1. The summed E-state index contributed by atoms with van der Waals surface area (Å²) < 4.78 is 10.1. The Balaban J connectivity index is 1.89. The van der Waals surface area contributed by atoms with Crippen LogP contribution in [0.5, 0.6) is 0 Å². The number of carbonyl (C=O) groups excluding carboxylic acids is 1. The molecule has 4 heteroatoms. The van der Waals surface area contributed by atoms with Crippen LogP contribution >= 0.6 is 0 Å². The van der Waals surface area contributed by atoms with Gasteiger partial charge in [-0.15, -0.1) is 0 Å². The number of rotatable bonds is 3. The van der Waals surface area contributed by atoms with Gasteiger partial charge in [0, 0.05) is 6.54 Å². The summed E-state index contributed by atoms with van der Waals surface area (Å²) in [7, 11) is 1.45. The molecule has 0 spiro atoms. The van der Waals surface area contributed by atoms with Crippen LogP contribution in [-0.4, -0.2) is 31.1 Å². The predicted octanol–water partition coefficient (Wildman–Crippen LogP) is 1.66. The summed E-state index contributed by atoms with van der Waals surface area (Å²) in [6, 6.07) is 3.85. The summed E-state index contributed by atoms with van der Waals surface area (Å²) in [6.45, 7) is 2.57. The van der Waals surface area contributed by atoms with Gasteiger partial charge in [-0.3, -0.25) is 9.69 Å². The van der Waals surface area contributed by atoms with Crippen molar-refractivity contribution in [2.75, 3.05) is 20.2 Å². The summed E-state index contributed by atoms with van der Waals surface area (Å²) >= 11 is 0. The third kappa shape index (κ3) is 2.64. The van der Waals surface area contributed by atoms with Crippen molar-refractivity contribution < 1.29 is 13.9 Å². The summed E-state index contributed by atoms with van der Waals surface area (Å²) in [6.07, 6.45) is 3.65. The van der Waals surface area contributed by atoms with Gasteiger partial charge < -0.3 is 9.15 Å². The molecule has 1 aromatic rings. The largest absolute Gasteiger partial charge is 0.469 e. The molecule has 1 saturated heterocycles. The Hall–Kier alpha value is -1.29. The third-order valence-corrected chi connectivity index (χ3v) is 3.00. The number of carbonyl (C=O) groups is 1. The lowest BCUT2D eigenvalue weighted by Crippen LogP contribution is -2.38. The van der Waals surface area contributed by atoms with E-state index in [-0.39, 0.29) is 11.9 Å². The zero-order valence-electron chi connectivity index (χ0n) is 9.52. The molecule has 0 amide bonds. The molecule has 0 unspecified atom stereocenters. The quantitative estimate of drug-likeness (QED) is 0.731. The summed E-state index contributed by atoms with van der Waals surface area (Å²) in [5.74, 6) is 0.878. The van der Waals surface area contributed by atoms with E-state index in [4.69, 9.17) is 9.15 Å². The van der Waals surface area contributed by atoms with Crippen molar-refractivity contribution in [2.24, 2.45) is 5.92 Å². The van der Waals surface area contributed by atoms with Crippen LogP contribution in [0.4, 0.5) is 0 Å². The van der Waals surface area contributed by atoms with Gasteiger partial charge in [0.2, 0.25) is 0 Å². The highest BCUT2D eigenvalue weighted by molar-refractivity contribution is 5.72. The zero-order chi connectivity index (χ0) is 11.4. The summed E-state index contributed by atoms with van der Waals surface area (Å²) in [5.41, 5.74) is 0. The Kier molecular flexibility index (Phi) is 3.62. The van der Waals surface area contributed by atoms with Crippen molar-refractivity contribution >= 4 is 5.97 Å². The van der Waals surface area contributed by atoms with Gasteiger partial charge in [-0.1, -0.05) is 0 Å². The first-order chi connectivity index (χ1) is 7.79. The second-order valence-electron chi connectivity index (χ2n) is 4.18. The SMILES string of the molecule is COC(=O)[C@H]1CCCN(Cc2ccco2)C1. The highest BCUT2D eigenvalue weighted by Crippen LogP contribution is 2.19. The van der Waals surface area contributed by atoms with Crippen molar-refractivity contribution in [3.63, 3.8) is 0 Å². The van der Waals surface area contributed by atoms with Crippen molar-refractivity contribution in [3.8, 4) is 0 Å². The second kappa shape index (κ2) is 5.16. The Morgan fingerprint density at radius 1 is 1.69 bits per heavy atom. The molecule has 16 heavy (non-hydrogen) atoms. The summed E-state index contributed by atoms with van der Waals surface area (Å²) in [4.78, 5) is 13.7. The van der Waals surface area contributed by atoms with Gasteiger partial charge in [0.1, 0.15) is 5.76 Å². The highest BCUT2D eigenvalue weighted by atomic mass is 16.5. The van der Waals surface area contributed by atoms with Gasteiger partial charge >= 0.3 is 5.97 Å². The van der Waals surface area contributed by atoms with E-state index in [2.05, 4.69) is 4.90 Å². The van der Waals surface area contributed by atoms with Crippen LogP contribution in [0.15, 0.2) is 22.8 Å². The first-order valence-corrected chi connectivity index (χ1v) is 5.62. The number of hydrogen-bond donors (Lipinski definition) is 0. The standard InChI is InChI=1S/C12H17NO3/c1-15-12(14)10-4-2-6-13(8-10)9-11-5-3-7-16-11/h3,5,7,10H,2,4,6,8-9H2,1H3/t10-/m0/s1. The van der Waals surface area contributed by atoms with E-state index in [9.17, 15) is 4.79 Å². The molecule has 1 aromatic heterocycles. The number of esters is 1. The average molecular weight is 223 g/mol. The molecule has 2 heterocycles. The van der Waals surface area contributed by atoms with Gasteiger partial charge in [-0.05, 0) is 31.5 Å². The van der Waals surface area contributed by atoms with Crippen molar-refractivity contribution in [2.45, 2.75) is 19.4 Å². The molecule has 0 radical (unpaired) electrons. The maximum atomic E-state index is 11.4. The number of ether oxygens (including phenoxy) is 1. The highest BCUT2D eigenvalue weighted by Gasteiger charge is 2.26. The molecule has 88 valence electrons. The number of likely N-dealkylation sites (tertiary alicyclic amines) is 1. The molecule has 2 rings (SSSR count). The van der Waals surface area contributed by atoms with Gasteiger partial charge in [0.15, 0.2) is 0 Å². The maximum Gasteiger partial charge on any atom is 0.309 e. The molecule has 1 atom stereocenters. The minimum absolute atomic E-state index is 0.0220. The topological polar surface area (TPSA) is 42.7 Å². The summed E-state index contributed by atoms with van der Waals surface area (Å²) in [5, 5.41) is 0. The van der Waals surface area contributed by atoms with Crippen molar-refractivity contribution in [1.29, 1.82) is 0 Å². The molecule has 1 aliphatic rings. The predicted molar refractivity (Wildman–Crippen MR) is 58.7 cm³/mol. The van der Waals surface area contributed by atoms with Crippen LogP contribution in [-0.2, 0) is 16.1 Å².